The molecule has 0 aliphatic heterocycles. The molecule has 0 aliphatic carbocycles. The van der Waals surface area contributed by atoms with Crippen LogP contribution in [0.4, 0.5) is 11.6 Å². The summed E-state index contributed by atoms with van der Waals surface area (Å²) >= 11 is 0. The number of hydrazine groups is 1. The van der Waals surface area contributed by atoms with E-state index in [0.717, 1.165) is 5.65 Å². The largest absolute Gasteiger partial charge is 0.382 e. The number of anilines is 2. The second kappa shape index (κ2) is 4.79. The average molecular weight is 250 g/mol. The molecule has 0 aliphatic rings. The van der Waals surface area contributed by atoms with E-state index in [4.69, 9.17) is 10.6 Å². The molecule has 0 spiro atoms. The van der Waals surface area contributed by atoms with Crippen molar-refractivity contribution in [1.82, 2.24) is 14.4 Å². The van der Waals surface area contributed by atoms with Crippen LogP contribution in [0.5, 0.6) is 0 Å². The maximum atomic E-state index is 5.40. The number of hydrogen-bond donors (Lipinski definition) is 3. The van der Waals surface area contributed by atoms with E-state index < -0.39 is 0 Å². The molecule has 0 saturated heterocycles. The van der Waals surface area contributed by atoms with Gasteiger partial charge < -0.3 is 19.9 Å². The number of nitrogens with zero attached hydrogens (tertiary/aromatic N) is 3. The van der Waals surface area contributed by atoms with Crippen molar-refractivity contribution in [1.29, 1.82) is 0 Å². The normalized spacial score (nSPS) is 11.8. The zero-order valence-corrected chi connectivity index (χ0v) is 10.8. The van der Waals surface area contributed by atoms with Crippen molar-refractivity contribution in [3.8, 4) is 0 Å². The van der Waals surface area contributed by atoms with Crippen molar-refractivity contribution in [3.63, 3.8) is 0 Å². The van der Waals surface area contributed by atoms with E-state index in [1.54, 1.807) is 19.5 Å². The minimum absolute atomic E-state index is 0.249. The van der Waals surface area contributed by atoms with Gasteiger partial charge in [0.2, 0.25) is 0 Å². The zero-order chi connectivity index (χ0) is 13.2. The van der Waals surface area contributed by atoms with Gasteiger partial charge in [-0.05, 0) is 13.8 Å². The van der Waals surface area contributed by atoms with Crippen LogP contribution >= 0.6 is 0 Å². The summed E-state index contributed by atoms with van der Waals surface area (Å²) in [5.41, 5.74) is 3.04. The Kier molecular flexibility index (Phi) is 3.35. The molecule has 0 saturated carbocycles. The first-order valence-corrected chi connectivity index (χ1v) is 5.63. The van der Waals surface area contributed by atoms with Crippen molar-refractivity contribution in [2.75, 3.05) is 24.5 Å². The molecule has 0 bridgehead atoms. The maximum Gasteiger partial charge on any atom is 0.180 e. The number of fused-ring (bicyclic) bond motifs is 1. The smallest absolute Gasteiger partial charge is 0.180 e. The fraction of sp³-hybridized carbons (Fsp3) is 0.455. The highest BCUT2D eigenvalue weighted by Gasteiger charge is 2.20. The van der Waals surface area contributed by atoms with E-state index in [1.807, 2.05) is 24.4 Å². The minimum Gasteiger partial charge on any atom is -0.382 e. The van der Waals surface area contributed by atoms with Gasteiger partial charge in [-0.25, -0.2) is 15.8 Å². The van der Waals surface area contributed by atoms with Gasteiger partial charge in [-0.2, -0.15) is 0 Å². The molecule has 0 amide bonds. The molecule has 0 aromatic carbocycles. The quantitative estimate of drug-likeness (QED) is 0.538. The third-order valence-electron chi connectivity index (χ3n) is 2.48. The Labute approximate surface area is 105 Å². The lowest BCUT2D eigenvalue weighted by molar-refractivity contribution is 0.158. The van der Waals surface area contributed by atoms with Crippen molar-refractivity contribution in [3.05, 3.63) is 18.6 Å². The first kappa shape index (κ1) is 12.6. The molecule has 2 aromatic rings. The van der Waals surface area contributed by atoms with Gasteiger partial charge in [-0.3, -0.25) is 0 Å². The molecule has 2 rings (SSSR count). The molecule has 7 nitrogen and oxygen atoms in total. The lowest BCUT2D eigenvalue weighted by atomic mass is 10.1. The Hall–Kier alpha value is -1.86. The summed E-state index contributed by atoms with van der Waals surface area (Å²) in [7, 11) is 1.67. The monoisotopic (exact) mass is 250 g/mol. The van der Waals surface area contributed by atoms with Crippen molar-refractivity contribution < 1.29 is 4.74 Å². The Morgan fingerprint density at radius 1 is 1.50 bits per heavy atom. The van der Waals surface area contributed by atoms with Gasteiger partial charge in [0.05, 0.1) is 18.3 Å². The van der Waals surface area contributed by atoms with E-state index >= 15 is 0 Å². The third kappa shape index (κ3) is 2.52. The number of aromatic nitrogens is 3. The van der Waals surface area contributed by atoms with Gasteiger partial charge >= 0.3 is 0 Å². The number of imidazole rings is 1. The van der Waals surface area contributed by atoms with Gasteiger partial charge in [0.1, 0.15) is 0 Å². The highest BCUT2D eigenvalue weighted by Crippen LogP contribution is 2.20. The molecule has 7 heteroatoms. The number of rotatable bonds is 5. The van der Waals surface area contributed by atoms with Crippen LogP contribution in [0.1, 0.15) is 13.8 Å². The van der Waals surface area contributed by atoms with Crippen LogP contribution in [0, 0.1) is 0 Å². The second-order valence-corrected chi connectivity index (χ2v) is 4.72. The maximum absolute atomic E-state index is 5.40. The van der Waals surface area contributed by atoms with Gasteiger partial charge in [0, 0.05) is 19.5 Å². The number of hydrogen-bond acceptors (Lipinski definition) is 6. The van der Waals surface area contributed by atoms with E-state index in [0.29, 0.717) is 18.2 Å². The summed E-state index contributed by atoms with van der Waals surface area (Å²) in [5, 5.41) is 3.31. The summed E-state index contributed by atoms with van der Waals surface area (Å²) < 4.78 is 7.03. The first-order chi connectivity index (χ1) is 8.55. The predicted molar refractivity (Wildman–Crippen MR) is 70.4 cm³/mol. The van der Waals surface area contributed by atoms with Crippen LogP contribution in [0.15, 0.2) is 18.6 Å². The van der Waals surface area contributed by atoms with E-state index in [2.05, 4.69) is 20.7 Å². The molecule has 18 heavy (non-hydrogen) atoms. The zero-order valence-electron chi connectivity index (χ0n) is 10.8. The molecule has 4 N–H and O–H groups in total. The molecule has 0 radical (unpaired) electrons. The van der Waals surface area contributed by atoms with Gasteiger partial charge in [-0.15, -0.1) is 0 Å². The summed E-state index contributed by atoms with van der Waals surface area (Å²) in [6.07, 6.45) is 5.33. The molecule has 2 aromatic heterocycles. The summed E-state index contributed by atoms with van der Waals surface area (Å²) in [5.74, 6) is 6.63. The van der Waals surface area contributed by atoms with E-state index in [1.165, 1.54) is 0 Å². The van der Waals surface area contributed by atoms with Crippen LogP contribution in [-0.2, 0) is 4.74 Å². The number of nitrogens with two attached hydrogens (primary N) is 1. The van der Waals surface area contributed by atoms with Crippen LogP contribution in [0.25, 0.3) is 5.65 Å². The molecule has 98 valence electrons. The minimum atomic E-state index is -0.249. The topological polar surface area (TPSA) is 89.5 Å². The van der Waals surface area contributed by atoms with Gasteiger partial charge in [0.15, 0.2) is 17.3 Å². The Morgan fingerprint density at radius 3 is 2.94 bits per heavy atom. The lowest BCUT2D eigenvalue weighted by Crippen LogP contribution is -2.36. The average Bonchev–Trinajstić information content (AvgIpc) is 2.76. The highest BCUT2D eigenvalue weighted by molar-refractivity contribution is 5.66. The molecular formula is C11H18N6O. The van der Waals surface area contributed by atoms with E-state index in [9.17, 15) is 0 Å². The number of methoxy groups -OCH3 is 1. The summed E-state index contributed by atoms with van der Waals surface area (Å²) in [6.45, 7) is 4.61. The highest BCUT2D eigenvalue weighted by atomic mass is 16.5. The standard InChI is InChI=1S/C11H18N6O/c1-11(2,7-18-3)15-9-10-13-4-5-17(10)6-8(14-9)16-12/h4-6,16H,7,12H2,1-3H3,(H,14,15). The Balaban J connectivity index is 2.39. The van der Waals surface area contributed by atoms with Crippen molar-refractivity contribution in [2.45, 2.75) is 19.4 Å². The third-order valence-corrected chi connectivity index (χ3v) is 2.48. The summed E-state index contributed by atoms with van der Waals surface area (Å²) in [4.78, 5) is 8.64. The SMILES string of the molecule is COCC(C)(C)Nc1nc(NN)cn2ccnc12. The van der Waals surface area contributed by atoms with Crippen LogP contribution in [0.2, 0.25) is 0 Å². The predicted octanol–water partition coefficient (Wildman–Crippen LogP) is 0.852. The summed E-state index contributed by atoms with van der Waals surface area (Å²) in [6, 6.07) is 0. The number of ether oxygens (including phenoxy) is 1. The molecule has 0 atom stereocenters. The Morgan fingerprint density at radius 2 is 2.28 bits per heavy atom. The molecule has 0 fully saturated rings. The molecule has 0 unspecified atom stereocenters. The van der Waals surface area contributed by atoms with Crippen LogP contribution in [0.3, 0.4) is 0 Å². The van der Waals surface area contributed by atoms with Gasteiger partial charge in [-0.1, -0.05) is 0 Å². The number of nitrogen functional groups attached to an aromatic ring is 1. The van der Waals surface area contributed by atoms with Crippen LogP contribution in [-0.4, -0.2) is 33.6 Å². The van der Waals surface area contributed by atoms with Crippen LogP contribution < -0.4 is 16.6 Å². The van der Waals surface area contributed by atoms with Gasteiger partial charge in [0.25, 0.3) is 0 Å². The first-order valence-electron chi connectivity index (χ1n) is 5.63. The second-order valence-electron chi connectivity index (χ2n) is 4.72. The Bertz CT molecular complexity index is 535. The fourth-order valence-electron chi connectivity index (χ4n) is 1.80. The molecule has 2 heterocycles. The fourth-order valence-corrected chi connectivity index (χ4v) is 1.80. The lowest BCUT2D eigenvalue weighted by Gasteiger charge is -2.26. The molecular weight excluding hydrogens is 232 g/mol. The number of nitrogens with one attached hydrogen (secondary N) is 2. The van der Waals surface area contributed by atoms with Crippen molar-refractivity contribution >= 4 is 17.3 Å². The van der Waals surface area contributed by atoms with E-state index in [-0.39, 0.29) is 5.54 Å². The van der Waals surface area contributed by atoms with Crippen molar-refractivity contribution in [2.24, 2.45) is 5.84 Å².